The van der Waals surface area contributed by atoms with Crippen LogP contribution in [-0.4, -0.2) is 24.9 Å². The fourth-order valence-corrected chi connectivity index (χ4v) is 3.88. The molecular weight excluding hydrogens is 370 g/mol. The largest absolute Gasteiger partial charge is 0.469 e. The third-order valence-corrected chi connectivity index (χ3v) is 5.48. The molecule has 4 aromatic rings. The van der Waals surface area contributed by atoms with E-state index in [0.717, 1.165) is 27.2 Å². The summed E-state index contributed by atoms with van der Waals surface area (Å²) in [6.07, 6.45) is 3.46. The Kier molecular flexibility index (Phi) is 4.72. The highest BCUT2D eigenvalue weighted by Crippen LogP contribution is 2.29. The summed E-state index contributed by atoms with van der Waals surface area (Å²) in [5.74, 6) is 3.25. The van der Waals surface area contributed by atoms with E-state index in [2.05, 4.69) is 26.9 Å². The topological polar surface area (TPSA) is 82.8 Å². The zero-order valence-electron chi connectivity index (χ0n) is 14.0. The Morgan fingerprint density at radius 3 is 3.00 bits per heavy atom. The molecule has 26 heavy (non-hydrogen) atoms. The van der Waals surface area contributed by atoms with Crippen molar-refractivity contribution >= 4 is 23.1 Å². The summed E-state index contributed by atoms with van der Waals surface area (Å²) in [4.78, 5) is 5.39. The molecule has 0 bridgehead atoms. The van der Waals surface area contributed by atoms with E-state index < -0.39 is 0 Å². The van der Waals surface area contributed by atoms with Gasteiger partial charge in [0, 0.05) is 6.54 Å². The van der Waals surface area contributed by atoms with Crippen LogP contribution in [0.4, 0.5) is 0 Å². The van der Waals surface area contributed by atoms with Gasteiger partial charge < -0.3 is 8.94 Å². The molecule has 0 atom stereocenters. The van der Waals surface area contributed by atoms with Gasteiger partial charge in [-0.15, -0.1) is 28.1 Å². The first-order chi connectivity index (χ1) is 12.8. The second kappa shape index (κ2) is 7.30. The quantitative estimate of drug-likeness (QED) is 0.343. The number of allylic oxidation sites excluding steroid dienone is 1. The number of hydrogen-bond donors (Lipinski definition) is 0. The molecule has 0 fully saturated rings. The molecule has 4 aromatic heterocycles. The van der Waals surface area contributed by atoms with Crippen LogP contribution >= 0.6 is 23.1 Å². The lowest BCUT2D eigenvalue weighted by molar-refractivity contribution is 0.426. The summed E-state index contributed by atoms with van der Waals surface area (Å²) >= 11 is 3.07. The standard InChI is InChI=1S/C17H15N5O2S2/c1-3-7-22-15(12-6-8-23-11(12)2)19-20-17(22)26-10-14-18-16(24-21-14)13-5-4-9-25-13/h3-6,8-9H,1,7,10H2,2H3. The predicted molar refractivity (Wildman–Crippen MR) is 99.8 cm³/mol. The van der Waals surface area contributed by atoms with Crippen LogP contribution < -0.4 is 0 Å². The van der Waals surface area contributed by atoms with E-state index in [4.69, 9.17) is 8.94 Å². The molecule has 0 unspecified atom stereocenters. The Hall–Kier alpha value is -2.65. The van der Waals surface area contributed by atoms with Crippen molar-refractivity contribution in [3.63, 3.8) is 0 Å². The Morgan fingerprint density at radius 2 is 2.27 bits per heavy atom. The number of aryl methyl sites for hydroxylation is 1. The molecule has 9 heteroatoms. The van der Waals surface area contributed by atoms with E-state index in [1.54, 1.807) is 17.6 Å². The van der Waals surface area contributed by atoms with Crippen LogP contribution in [-0.2, 0) is 12.3 Å². The van der Waals surface area contributed by atoms with Crippen molar-refractivity contribution in [2.24, 2.45) is 0 Å². The summed E-state index contributed by atoms with van der Waals surface area (Å²) < 4.78 is 12.7. The molecule has 0 amide bonds. The van der Waals surface area contributed by atoms with Gasteiger partial charge in [-0.1, -0.05) is 29.1 Å². The van der Waals surface area contributed by atoms with Gasteiger partial charge in [-0.2, -0.15) is 4.98 Å². The average molecular weight is 385 g/mol. The number of nitrogens with zero attached hydrogens (tertiary/aromatic N) is 5. The van der Waals surface area contributed by atoms with Gasteiger partial charge in [0.25, 0.3) is 5.89 Å². The van der Waals surface area contributed by atoms with Crippen molar-refractivity contribution < 1.29 is 8.94 Å². The fraction of sp³-hybridized carbons (Fsp3) is 0.176. The Balaban J connectivity index is 1.54. The van der Waals surface area contributed by atoms with Crippen molar-refractivity contribution in [2.75, 3.05) is 0 Å². The lowest BCUT2D eigenvalue weighted by atomic mass is 10.2. The smallest absolute Gasteiger partial charge is 0.268 e. The molecule has 0 spiro atoms. The molecule has 0 radical (unpaired) electrons. The van der Waals surface area contributed by atoms with Crippen LogP contribution in [0.1, 0.15) is 11.6 Å². The van der Waals surface area contributed by atoms with E-state index in [1.165, 1.54) is 11.8 Å². The minimum Gasteiger partial charge on any atom is -0.469 e. The van der Waals surface area contributed by atoms with Crippen LogP contribution in [0.2, 0.25) is 0 Å². The summed E-state index contributed by atoms with van der Waals surface area (Å²) in [5, 5.41) is 15.4. The normalized spacial score (nSPS) is 11.1. The summed E-state index contributed by atoms with van der Waals surface area (Å²) in [5.41, 5.74) is 0.922. The molecule has 0 aromatic carbocycles. The van der Waals surface area contributed by atoms with Crippen molar-refractivity contribution in [3.05, 3.63) is 54.1 Å². The van der Waals surface area contributed by atoms with Gasteiger partial charge in [-0.25, -0.2) is 0 Å². The van der Waals surface area contributed by atoms with Crippen LogP contribution in [0.5, 0.6) is 0 Å². The maximum absolute atomic E-state index is 5.38. The van der Waals surface area contributed by atoms with Crippen LogP contribution in [0.15, 0.2) is 56.6 Å². The lowest BCUT2D eigenvalue weighted by Gasteiger charge is -2.06. The maximum atomic E-state index is 5.38. The van der Waals surface area contributed by atoms with E-state index in [1.807, 2.05) is 41.1 Å². The first kappa shape index (κ1) is 16.8. The van der Waals surface area contributed by atoms with Crippen molar-refractivity contribution in [1.29, 1.82) is 0 Å². The Labute approximate surface area is 157 Å². The molecule has 0 saturated heterocycles. The van der Waals surface area contributed by atoms with Gasteiger partial charge in [0.1, 0.15) is 5.76 Å². The second-order valence-corrected chi connectivity index (χ2v) is 7.27. The van der Waals surface area contributed by atoms with Gasteiger partial charge >= 0.3 is 0 Å². The van der Waals surface area contributed by atoms with Crippen molar-refractivity contribution in [1.82, 2.24) is 24.9 Å². The van der Waals surface area contributed by atoms with Crippen LogP contribution in [0, 0.1) is 6.92 Å². The molecule has 0 aliphatic carbocycles. The number of rotatable bonds is 7. The molecule has 4 heterocycles. The predicted octanol–water partition coefficient (Wildman–Crippen LogP) is 4.44. The van der Waals surface area contributed by atoms with E-state index in [-0.39, 0.29) is 0 Å². The molecule has 132 valence electrons. The fourth-order valence-electron chi connectivity index (χ4n) is 2.45. The molecule has 0 aliphatic heterocycles. The first-order valence-electron chi connectivity index (χ1n) is 7.84. The van der Waals surface area contributed by atoms with Gasteiger partial charge in [0.05, 0.1) is 22.5 Å². The first-order valence-corrected chi connectivity index (χ1v) is 9.70. The van der Waals surface area contributed by atoms with Gasteiger partial charge in [0.15, 0.2) is 16.8 Å². The minimum atomic E-state index is 0.536. The van der Waals surface area contributed by atoms with Gasteiger partial charge in [0.2, 0.25) is 0 Å². The average Bonchev–Trinajstić information content (AvgIpc) is 3.41. The summed E-state index contributed by atoms with van der Waals surface area (Å²) in [6.45, 7) is 6.33. The van der Waals surface area contributed by atoms with Crippen LogP contribution in [0.3, 0.4) is 0 Å². The van der Waals surface area contributed by atoms with Crippen LogP contribution in [0.25, 0.3) is 22.2 Å². The highest BCUT2D eigenvalue weighted by molar-refractivity contribution is 7.98. The Morgan fingerprint density at radius 1 is 1.35 bits per heavy atom. The SMILES string of the molecule is C=CCn1c(SCc2noc(-c3cccs3)n2)nnc1-c1ccoc1C. The maximum Gasteiger partial charge on any atom is 0.268 e. The number of furan rings is 1. The Bertz CT molecular complexity index is 1020. The van der Waals surface area contributed by atoms with Crippen molar-refractivity contribution in [2.45, 2.75) is 24.4 Å². The molecule has 0 saturated carbocycles. The third-order valence-electron chi connectivity index (χ3n) is 3.66. The third kappa shape index (κ3) is 3.23. The number of thiophene rings is 1. The molecule has 0 N–H and O–H groups in total. The van der Waals surface area contributed by atoms with E-state index in [0.29, 0.717) is 24.0 Å². The number of aromatic nitrogens is 5. The zero-order chi connectivity index (χ0) is 17.9. The summed E-state index contributed by atoms with van der Waals surface area (Å²) in [7, 11) is 0. The van der Waals surface area contributed by atoms with E-state index in [9.17, 15) is 0 Å². The number of thioether (sulfide) groups is 1. The monoisotopic (exact) mass is 385 g/mol. The minimum absolute atomic E-state index is 0.536. The summed E-state index contributed by atoms with van der Waals surface area (Å²) in [6, 6.07) is 5.80. The van der Waals surface area contributed by atoms with Gasteiger partial charge in [-0.3, -0.25) is 4.57 Å². The highest BCUT2D eigenvalue weighted by Gasteiger charge is 2.18. The molecule has 0 aliphatic rings. The molecule has 4 rings (SSSR count). The zero-order valence-corrected chi connectivity index (χ0v) is 15.6. The van der Waals surface area contributed by atoms with Gasteiger partial charge in [-0.05, 0) is 24.4 Å². The molecular formula is C17H15N5O2S2. The van der Waals surface area contributed by atoms with E-state index >= 15 is 0 Å². The molecule has 7 nitrogen and oxygen atoms in total. The lowest BCUT2D eigenvalue weighted by Crippen LogP contribution is -2.01. The number of hydrogen-bond acceptors (Lipinski definition) is 8. The highest BCUT2D eigenvalue weighted by atomic mass is 32.2. The van der Waals surface area contributed by atoms with Crippen molar-refractivity contribution in [3.8, 4) is 22.2 Å². The second-order valence-electron chi connectivity index (χ2n) is 5.38.